The smallest absolute Gasteiger partial charge is 0.271 e. The van der Waals surface area contributed by atoms with Crippen LogP contribution >= 0.6 is 56.5 Å². The summed E-state index contributed by atoms with van der Waals surface area (Å²) in [6.07, 6.45) is 1.80. The Kier molecular flexibility index (Phi) is 10.4. The molecule has 0 N–H and O–H groups in total. The maximum Gasteiger partial charge on any atom is 0.271 e. The van der Waals surface area contributed by atoms with Crippen molar-refractivity contribution in [1.82, 2.24) is 9.47 Å². The summed E-state index contributed by atoms with van der Waals surface area (Å²) in [5.41, 5.74) is 2.54. The van der Waals surface area contributed by atoms with Crippen LogP contribution in [0, 0.1) is 13.0 Å². The standard InChI is InChI=1S/C37H32FI2N3O4S/c1-5-42(6-2)36(45)31-21(3)41-37-43(33(31)32-26-13-9-7-11-22(26)15-16-29(32)46-4)35(44)30(48-37)18-24-17-25(39)19-28(40)34(24)47-20-23-12-8-10-14-27(23)38/h7-19,33H,5-6,20H2,1-4H3/b30-18+/t33-/m0/s1. The first-order chi connectivity index (χ1) is 23.2. The van der Waals surface area contributed by atoms with Crippen molar-refractivity contribution in [3.8, 4) is 11.5 Å². The molecule has 1 aliphatic rings. The molecule has 0 saturated heterocycles. The van der Waals surface area contributed by atoms with Gasteiger partial charge in [0.05, 0.1) is 26.5 Å². The second kappa shape index (κ2) is 14.5. The zero-order valence-corrected chi connectivity index (χ0v) is 31.9. The summed E-state index contributed by atoms with van der Waals surface area (Å²) in [7, 11) is 1.60. The highest BCUT2D eigenvalue weighted by Crippen LogP contribution is 2.40. The number of likely N-dealkylation sites (N-methyl/N-ethyl adjacent to an activating group) is 1. The molecule has 0 bridgehead atoms. The van der Waals surface area contributed by atoms with Crippen molar-refractivity contribution in [1.29, 1.82) is 0 Å². The van der Waals surface area contributed by atoms with Gasteiger partial charge in [0.2, 0.25) is 0 Å². The fourth-order valence-electron chi connectivity index (χ4n) is 6.03. The molecular weight excluding hydrogens is 855 g/mol. The number of nitrogens with zero attached hydrogens (tertiary/aromatic N) is 3. The number of aromatic nitrogens is 1. The molecular formula is C37H32FI2N3O4S. The molecule has 7 nitrogen and oxygen atoms in total. The summed E-state index contributed by atoms with van der Waals surface area (Å²) in [6.45, 7) is 6.76. The van der Waals surface area contributed by atoms with Crippen LogP contribution in [0.25, 0.3) is 16.8 Å². The van der Waals surface area contributed by atoms with Crippen molar-refractivity contribution in [2.45, 2.75) is 33.4 Å². The molecule has 0 aliphatic carbocycles. The van der Waals surface area contributed by atoms with Crippen LogP contribution in [0.3, 0.4) is 0 Å². The number of carbonyl (C=O) groups is 1. The lowest BCUT2D eigenvalue weighted by molar-refractivity contribution is -0.127. The van der Waals surface area contributed by atoms with Crippen LogP contribution in [-0.4, -0.2) is 35.6 Å². The number of fused-ring (bicyclic) bond motifs is 2. The highest BCUT2D eigenvalue weighted by molar-refractivity contribution is 14.1. The van der Waals surface area contributed by atoms with Crippen molar-refractivity contribution in [2.24, 2.45) is 4.99 Å². The normalized spacial score (nSPS) is 14.6. The van der Waals surface area contributed by atoms with E-state index in [1.807, 2.05) is 69.3 Å². The van der Waals surface area contributed by atoms with Crippen molar-refractivity contribution >= 4 is 79.3 Å². The van der Waals surface area contributed by atoms with Crippen LogP contribution in [0.4, 0.5) is 4.39 Å². The number of carbonyl (C=O) groups excluding carboxylic acids is 1. The molecule has 0 spiro atoms. The van der Waals surface area contributed by atoms with Crippen molar-refractivity contribution in [3.05, 3.63) is 133 Å². The lowest BCUT2D eigenvalue weighted by Crippen LogP contribution is -2.43. The molecule has 6 rings (SSSR count). The van der Waals surface area contributed by atoms with Gasteiger partial charge in [-0.1, -0.05) is 59.9 Å². The lowest BCUT2D eigenvalue weighted by Gasteiger charge is -2.30. The molecule has 48 heavy (non-hydrogen) atoms. The first-order valence-electron chi connectivity index (χ1n) is 15.4. The Balaban J connectivity index is 1.58. The van der Waals surface area contributed by atoms with E-state index in [4.69, 9.17) is 14.5 Å². The van der Waals surface area contributed by atoms with Gasteiger partial charge < -0.3 is 14.4 Å². The van der Waals surface area contributed by atoms with E-state index in [0.29, 0.717) is 56.3 Å². The first kappa shape index (κ1) is 34.3. The Morgan fingerprint density at radius 1 is 1.06 bits per heavy atom. The number of allylic oxidation sites excluding steroid dienone is 1. The van der Waals surface area contributed by atoms with Gasteiger partial charge in [0.15, 0.2) is 4.80 Å². The first-order valence-corrected chi connectivity index (χ1v) is 18.4. The summed E-state index contributed by atoms with van der Waals surface area (Å²) >= 11 is 5.69. The molecule has 2 heterocycles. The number of thiazole rings is 1. The van der Waals surface area contributed by atoms with Crippen LogP contribution in [0.15, 0.2) is 93.9 Å². The van der Waals surface area contributed by atoms with Crippen LogP contribution < -0.4 is 24.4 Å². The van der Waals surface area contributed by atoms with E-state index in [1.165, 1.54) is 17.4 Å². The Bertz CT molecular complexity index is 2280. The highest BCUT2D eigenvalue weighted by Gasteiger charge is 2.36. The predicted molar refractivity (Wildman–Crippen MR) is 205 cm³/mol. The Hall–Kier alpha value is -3.56. The molecule has 0 radical (unpaired) electrons. The van der Waals surface area contributed by atoms with E-state index < -0.39 is 6.04 Å². The van der Waals surface area contributed by atoms with Crippen molar-refractivity contribution < 1.29 is 18.7 Å². The number of benzene rings is 4. The van der Waals surface area contributed by atoms with E-state index in [0.717, 1.165) is 23.5 Å². The number of ether oxygens (including phenoxy) is 2. The molecule has 11 heteroatoms. The third-order valence-corrected chi connectivity index (χ3v) is 10.8. The van der Waals surface area contributed by atoms with E-state index in [1.54, 1.807) is 40.9 Å². The molecule has 4 aromatic carbocycles. The fourth-order valence-corrected chi connectivity index (χ4v) is 9.11. The minimum absolute atomic E-state index is 0.0300. The van der Waals surface area contributed by atoms with Gasteiger partial charge in [-0.2, -0.15) is 0 Å². The van der Waals surface area contributed by atoms with Crippen LogP contribution in [-0.2, 0) is 11.4 Å². The molecule has 1 aromatic heterocycles. The Morgan fingerprint density at radius 2 is 1.79 bits per heavy atom. The van der Waals surface area contributed by atoms with Gasteiger partial charge in [-0.3, -0.25) is 14.2 Å². The van der Waals surface area contributed by atoms with E-state index in [9.17, 15) is 14.0 Å². The molecule has 246 valence electrons. The number of hydrogen-bond acceptors (Lipinski definition) is 6. The van der Waals surface area contributed by atoms with Crippen molar-refractivity contribution in [3.63, 3.8) is 0 Å². The van der Waals surface area contributed by atoms with Gasteiger partial charge in [0.25, 0.3) is 11.5 Å². The molecule has 0 fully saturated rings. The summed E-state index contributed by atoms with van der Waals surface area (Å²) in [6, 6.07) is 21.4. The van der Waals surface area contributed by atoms with Gasteiger partial charge in [-0.05, 0) is 107 Å². The maximum atomic E-state index is 14.6. The molecule has 1 amide bonds. The largest absolute Gasteiger partial charge is 0.496 e. The van der Waals surface area contributed by atoms with Gasteiger partial charge in [-0.25, -0.2) is 9.38 Å². The van der Waals surface area contributed by atoms with Gasteiger partial charge in [0, 0.05) is 33.4 Å². The Morgan fingerprint density at radius 3 is 2.52 bits per heavy atom. The number of methoxy groups -OCH3 is 1. The number of amides is 1. The van der Waals surface area contributed by atoms with E-state index >= 15 is 0 Å². The minimum Gasteiger partial charge on any atom is -0.496 e. The third kappa shape index (κ3) is 6.43. The highest BCUT2D eigenvalue weighted by atomic mass is 127. The quantitative estimate of drug-likeness (QED) is 0.147. The monoisotopic (exact) mass is 887 g/mol. The SMILES string of the molecule is CCN(CC)C(=O)C1=C(C)N=c2s/c(=C/c3cc(I)cc(I)c3OCc3ccccc3F)c(=O)n2[C@@H]1c1c(OC)ccc2ccccc12. The fraction of sp³-hybridized carbons (Fsp3) is 0.216. The summed E-state index contributed by atoms with van der Waals surface area (Å²) in [5.74, 6) is 0.600. The zero-order valence-electron chi connectivity index (χ0n) is 26.7. The second-order valence-electron chi connectivity index (χ2n) is 11.1. The van der Waals surface area contributed by atoms with Crippen molar-refractivity contribution in [2.75, 3.05) is 20.2 Å². The molecule has 0 saturated carbocycles. The Labute approximate surface area is 308 Å². The van der Waals surface area contributed by atoms with E-state index in [2.05, 4.69) is 45.2 Å². The van der Waals surface area contributed by atoms with E-state index in [-0.39, 0.29) is 23.9 Å². The predicted octanol–water partition coefficient (Wildman–Crippen LogP) is 7.19. The van der Waals surface area contributed by atoms with Gasteiger partial charge in [0.1, 0.15) is 30.0 Å². The van der Waals surface area contributed by atoms with Crippen LogP contribution in [0.1, 0.15) is 43.5 Å². The molecule has 1 aliphatic heterocycles. The third-order valence-electron chi connectivity index (χ3n) is 8.38. The average Bonchev–Trinajstić information content (AvgIpc) is 3.37. The van der Waals surface area contributed by atoms with Gasteiger partial charge >= 0.3 is 0 Å². The number of halogens is 3. The maximum absolute atomic E-state index is 14.6. The lowest BCUT2D eigenvalue weighted by atomic mass is 9.90. The summed E-state index contributed by atoms with van der Waals surface area (Å²) in [5, 5.41) is 1.84. The topological polar surface area (TPSA) is 73.1 Å². The minimum atomic E-state index is -0.787. The summed E-state index contributed by atoms with van der Waals surface area (Å²) < 4.78 is 30.4. The average molecular weight is 888 g/mol. The number of rotatable bonds is 9. The zero-order chi connectivity index (χ0) is 34.1. The summed E-state index contributed by atoms with van der Waals surface area (Å²) in [4.78, 5) is 36.0. The molecule has 5 aromatic rings. The number of hydrogen-bond donors (Lipinski definition) is 0. The molecule has 1 atom stereocenters. The molecule has 0 unspecified atom stereocenters. The van der Waals surface area contributed by atoms with Crippen LogP contribution in [0.5, 0.6) is 11.5 Å². The van der Waals surface area contributed by atoms with Crippen LogP contribution in [0.2, 0.25) is 0 Å². The van der Waals surface area contributed by atoms with Gasteiger partial charge in [-0.15, -0.1) is 0 Å². The second-order valence-corrected chi connectivity index (χ2v) is 14.6.